The molecular formula is C27H39N7O5. The zero-order valence-electron chi connectivity index (χ0n) is 22.1. The van der Waals surface area contributed by atoms with Gasteiger partial charge in [0.25, 0.3) is 0 Å². The maximum absolute atomic E-state index is 12.8. The van der Waals surface area contributed by atoms with E-state index in [9.17, 15) is 14.4 Å². The Hall–Kier alpha value is -4.03. The number of hydrogen-bond acceptors (Lipinski definition) is 8. The van der Waals surface area contributed by atoms with Crippen molar-refractivity contribution in [2.24, 2.45) is 11.5 Å². The number of pyridine rings is 1. The molecule has 212 valence electrons. The highest BCUT2D eigenvalue weighted by Crippen LogP contribution is 2.19. The summed E-state index contributed by atoms with van der Waals surface area (Å²) >= 11 is 0. The van der Waals surface area contributed by atoms with Gasteiger partial charge in [0.1, 0.15) is 19.2 Å². The molecule has 0 aliphatic heterocycles. The van der Waals surface area contributed by atoms with Gasteiger partial charge in [0.2, 0.25) is 11.8 Å². The van der Waals surface area contributed by atoms with Crippen LogP contribution < -0.4 is 16.8 Å². The topological polar surface area (TPSA) is 167 Å². The van der Waals surface area contributed by atoms with Crippen LogP contribution in [0.5, 0.6) is 0 Å². The van der Waals surface area contributed by atoms with Crippen LogP contribution >= 0.6 is 0 Å². The van der Waals surface area contributed by atoms with E-state index in [1.807, 2.05) is 30.3 Å². The van der Waals surface area contributed by atoms with E-state index in [0.29, 0.717) is 23.8 Å². The fourth-order valence-electron chi connectivity index (χ4n) is 3.61. The molecule has 2 heterocycles. The highest BCUT2D eigenvalue weighted by atomic mass is 16.6. The second kappa shape index (κ2) is 13.7. The average Bonchev–Trinajstić information content (AvgIpc) is 3.29. The molecule has 0 unspecified atom stereocenters. The normalized spacial score (nSPS) is 12.1. The molecule has 12 heteroatoms. The average molecular weight is 542 g/mol. The van der Waals surface area contributed by atoms with Crippen LogP contribution in [0.1, 0.15) is 58.2 Å². The predicted octanol–water partition coefficient (Wildman–Crippen LogP) is 2.31. The summed E-state index contributed by atoms with van der Waals surface area (Å²) in [6.45, 7) is 6.72. The van der Waals surface area contributed by atoms with Gasteiger partial charge >= 0.3 is 6.09 Å². The molecule has 0 bridgehead atoms. The molecule has 0 spiro atoms. The maximum Gasteiger partial charge on any atom is 0.410 e. The molecule has 3 aromatic rings. The minimum absolute atomic E-state index is 0. The Balaban J connectivity index is 0.00000533. The fourth-order valence-corrected chi connectivity index (χ4v) is 3.61. The number of nitrogens with one attached hydrogen (secondary N) is 1. The van der Waals surface area contributed by atoms with Gasteiger partial charge in [0, 0.05) is 6.04 Å². The van der Waals surface area contributed by atoms with E-state index in [1.165, 1.54) is 4.90 Å². The molecule has 3 rings (SSSR count). The number of nitrogens with two attached hydrogens (primary N) is 2. The molecule has 12 nitrogen and oxygen atoms in total. The number of amides is 3. The molecule has 39 heavy (non-hydrogen) atoms. The fraction of sp³-hybridized carbons (Fsp3) is 0.444. The molecule has 0 aliphatic carbocycles. The number of benzene rings is 1. The highest BCUT2D eigenvalue weighted by molar-refractivity contribution is 5.85. The summed E-state index contributed by atoms with van der Waals surface area (Å²) in [7, 11) is 0. The summed E-state index contributed by atoms with van der Waals surface area (Å²) in [5, 5.41) is 11.4. The second-order valence-corrected chi connectivity index (χ2v) is 9.76. The monoisotopic (exact) mass is 541 g/mol. The van der Waals surface area contributed by atoms with Crippen molar-refractivity contribution in [2.75, 3.05) is 13.2 Å². The highest BCUT2D eigenvalue weighted by Gasteiger charge is 2.29. The Labute approximate surface area is 228 Å². The lowest BCUT2D eigenvalue weighted by molar-refractivity contribution is -0.126. The van der Waals surface area contributed by atoms with Gasteiger partial charge in [-0.3, -0.25) is 18.9 Å². The SMILES string of the molecule is C.CC(C)N(CC(N)=O)C(=O)OCc1cccc2nnc([C@@H](COCc3ccccc3)NC(=O)C(C)(C)N)n12. The number of ether oxygens (including phenoxy) is 2. The molecule has 5 N–H and O–H groups in total. The Morgan fingerprint density at radius 1 is 1.05 bits per heavy atom. The molecular weight excluding hydrogens is 502 g/mol. The number of hydrogen-bond donors (Lipinski definition) is 3. The van der Waals surface area contributed by atoms with Gasteiger partial charge in [0.15, 0.2) is 11.5 Å². The molecule has 1 aromatic carbocycles. The molecule has 0 saturated carbocycles. The van der Waals surface area contributed by atoms with E-state index < -0.39 is 29.5 Å². The first kappa shape index (κ1) is 31.2. The van der Waals surface area contributed by atoms with Crippen LogP contribution in [0.3, 0.4) is 0 Å². The van der Waals surface area contributed by atoms with Crippen LogP contribution in [0.4, 0.5) is 4.79 Å². The molecule has 0 fully saturated rings. The third-order valence-corrected chi connectivity index (χ3v) is 5.66. The summed E-state index contributed by atoms with van der Waals surface area (Å²) in [5.41, 5.74) is 12.2. The van der Waals surface area contributed by atoms with Crippen molar-refractivity contribution < 1.29 is 23.9 Å². The van der Waals surface area contributed by atoms with Crippen molar-refractivity contribution in [1.82, 2.24) is 24.8 Å². The van der Waals surface area contributed by atoms with Gasteiger partial charge in [-0.2, -0.15) is 0 Å². The van der Waals surface area contributed by atoms with Crippen LogP contribution in [0, 0.1) is 0 Å². The molecule has 1 atom stereocenters. The van der Waals surface area contributed by atoms with Gasteiger partial charge < -0.3 is 26.3 Å². The van der Waals surface area contributed by atoms with Crippen LogP contribution in [0.2, 0.25) is 0 Å². The second-order valence-electron chi connectivity index (χ2n) is 9.76. The van der Waals surface area contributed by atoms with E-state index in [1.54, 1.807) is 50.3 Å². The van der Waals surface area contributed by atoms with E-state index in [2.05, 4.69) is 15.5 Å². The lowest BCUT2D eigenvalue weighted by Crippen LogP contribution is -2.51. The molecule has 0 aliphatic rings. The standard InChI is InChI=1S/C26H35N7O5.CH4/c1-17(2)32(13-21(27)34)25(36)38-15-19-11-8-12-22-30-31-23(33(19)22)20(29-24(35)26(3,4)28)16-37-14-18-9-6-5-7-10-18;/h5-12,17,20H,13-16,28H2,1-4H3,(H2,27,34)(H,29,35);1H4/t20-;/m1./s1. The predicted molar refractivity (Wildman–Crippen MR) is 146 cm³/mol. The number of rotatable bonds is 12. The Kier molecular flexibility index (Phi) is 10.9. The van der Waals surface area contributed by atoms with Crippen molar-refractivity contribution in [3.63, 3.8) is 0 Å². The van der Waals surface area contributed by atoms with Crippen molar-refractivity contribution >= 4 is 23.6 Å². The number of nitrogens with zero attached hydrogens (tertiary/aromatic N) is 4. The van der Waals surface area contributed by atoms with Crippen molar-refractivity contribution in [2.45, 2.75) is 66.0 Å². The Bertz CT molecular complexity index is 1250. The van der Waals surface area contributed by atoms with Crippen LogP contribution in [-0.2, 0) is 32.3 Å². The van der Waals surface area contributed by atoms with E-state index in [-0.39, 0.29) is 33.2 Å². The minimum atomic E-state index is -1.14. The first-order valence-corrected chi connectivity index (χ1v) is 12.2. The van der Waals surface area contributed by atoms with Gasteiger partial charge in [-0.05, 0) is 45.4 Å². The number of carbonyl (C=O) groups is 3. The number of aromatic nitrogens is 3. The van der Waals surface area contributed by atoms with E-state index in [0.717, 1.165) is 5.56 Å². The first-order chi connectivity index (χ1) is 18.0. The lowest BCUT2D eigenvalue weighted by Gasteiger charge is -2.25. The Morgan fingerprint density at radius 3 is 2.36 bits per heavy atom. The quantitative estimate of drug-likeness (QED) is 0.314. The van der Waals surface area contributed by atoms with E-state index >= 15 is 0 Å². The summed E-state index contributed by atoms with van der Waals surface area (Å²) in [6.07, 6.45) is -0.689. The van der Waals surface area contributed by atoms with Crippen molar-refractivity contribution in [3.05, 3.63) is 65.6 Å². The van der Waals surface area contributed by atoms with Gasteiger partial charge in [-0.1, -0.05) is 43.8 Å². The number of primary amides is 1. The van der Waals surface area contributed by atoms with Crippen LogP contribution in [0.25, 0.3) is 5.65 Å². The Morgan fingerprint density at radius 2 is 1.74 bits per heavy atom. The third-order valence-electron chi connectivity index (χ3n) is 5.66. The molecule has 3 amide bonds. The lowest BCUT2D eigenvalue weighted by atomic mass is 10.1. The zero-order chi connectivity index (χ0) is 27.9. The summed E-state index contributed by atoms with van der Waals surface area (Å²) in [5.74, 6) is -0.656. The van der Waals surface area contributed by atoms with Crippen molar-refractivity contribution in [3.8, 4) is 0 Å². The van der Waals surface area contributed by atoms with Crippen LogP contribution in [-0.4, -0.2) is 62.1 Å². The third kappa shape index (κ3) is 8.48. The van der Waals surface area contributed by atoms with E-state index in [4.69, 9.17) is 20.9 Å². The zero-order valence-corrected chi connectivity index (χ0v) is 22.1. The molecule has 0 radical (unpaired) electrons. The summed E-state index contributed by atoms with van der Waals surface area (Å²) < 4.78 is 13.1. The number of carbonyl (C=O) groups excluding carboxylic acids is 3. The van der Waals surface area contributed by atoms with Gasteiger partial charge in [-0.15, -0.1) is 10.2 Å². The smallest absolute Gasteiger partial charge is 0.410 e. The largest absolute Gasteiger partial charge is 0.443 e. The van der Waals surface area contributed by atoms with Crippen LogP contribution in [0.15, 0.2) is 48.5 Å². The van der Waals surface area contributed by atoms with Crippen molar-refractivity contribution in [1.29, 1.82) is 0 Å². The molecule has 0 saturated heterocycles. The minimum Gasteiger partial charge on any atom is -0.443 e. The summed E-state index contributed by atoms with van der Waals surface area (Å²) in [4.78, 5) is 38.1. The van der Waals surface area contributed by atoms with Gasteiger partial charge in [-0.25, -0.2) is 4.79 Å². The maximum atomic E-state index is 12.8. The van der Waals surface area contributed by atoms with Gasteiger partial charge in [0.05, 0.1) is 24.4 Å². The first-order valence-electron chi connectivity index (χ1n) is 12.2. The number of fused-ring (bicyclic) bond motifs is 1. The summed E-state index contributed by atoms with van der Waals surface area (Å²) in [6, 6.07) is 13.9. The molecule has 2 aromatic heterocycles.